The highest BCUT2D eigenvalue weighted by Crippen LogP contribution is 2.43. The number of fused-ring (bicyclic) bond motifs is 1. The first-order valence-corrected chi connectivity index (χ1v) is 13.5. The minimum Gasteiger partial charge on any atom is -0.464 e. The Labute approximate surface area is 214 Å². The molecule has 2 aromatic heterocycles. The van der Waals surface area contributed by atoms with Crippen molar-refractivity contribution in [1.82, 2.24) is 19.7 Å². The van der Waals surface area contributed by atoms with Crippen LogP contribution in [0.15, 0.2) is 18.5 Å². The molecule has 1 aliphatic carbocycles. The molecule has 0 spiro atoms. The highest BCUT2D eigenvalue weighted by atomic mass is 31.1. The van der Waals surface area contributed by atoms with Gasteiger partial charge in [0.2, 0.25) is 5.60 Å². The van der Waals surface area contributed by atoms with E-state index in [2.05, 4.69) is 21.2 Å². The molecular formula is C23H31N6O7P. The molecule has 0 bridgehead atoms. The van der Waals surface area contributed by atoms with E-state index in [4.69, 9.17) is 24.5 Å². The fraction of sp³-hybridized carbons (Fsp3) is 0.609. The standard InChI is InChI=1S/C23H31N6O7P/c1-3-20(30)35-19-9-18(16-7-8-17-21(25)26-13-27-29(16)17)36-23(19,11-24)12-34-37(32)28-14(2)22(31)33-10-15-5-4-6-15/h7-8,13-15,18-19,37H,3-6,9-10,12H2,1-2H3,(H,28,32)(H2,25,26,27)/t14-,18+,19-,23+/m0/s1. The fourth-order valence-corrected chi connectivity index (χ4v) is 5.14. The number of aromatic nitrogens is 3. The summed E-state index contributed by atoms with van der Waals surface area (Å²) in [5.41, 5.74) is 5.31. The van der Waals surface area contributed by atoms with Crippen LogP contribution in [0.4, 0.5) is 5.82 Å². The van der Waals surface area contributed by atoms with Crippen molar-refractivity contribution in [1.29, 1.82) is 5.26 Å². The Balaban J connectivity index is 1.44. The lowest BCUT2D eigenvalue weighted by Crippen LogP contribution is -2.44. The fourth-order valence-electron chi connectivity index (χ4n) is 4.24. The van der Waals surface area contributed by atoms with Crippen LogP contribution < -0.4 is 10.8 Å². The summed E-state index contributed by atoms with van der Waals surface area (Å²) in [5.74, 6) is -0.393. The summed E-state index contributed by atoms with van der Waals surface area (Å²) in [5, 5.41) is 16.9. The van der Waals surface area contributed by atoms with E-state index in [0.717, 1.165) is 19.3 Å². The second kappa shape index (κ2) is 11.6. The lowest BCUT2D eigenvalue weighted by molar-refractivity contribution is -0.157. The van der Waals surface area contributed by atoms with E-state index in [1.807, 2.05) is 0 Å². The molecule has 0 radical (unpaired) electrons. The molecule has 3 N–H and O–H groups in total. The van der Waals surface area contributed by atoms with Crippen LogP contribution in [0.3, 0.4) is 0 Å². The molecular weight excluding hydrogens is 503 g/mol. The summed E-state index contributed by atoms with van der Waals surface area (Å²) in [6.45, 7) is 3.04. The summed E-state index contributed by atoms with van der Waals surface area (Å²) in [6, 6.07) is 4.64. The lowest BCUT2D eigenvalue weighted by Gasteiger charge is -2.27. The molecule has 0 aromatic carbocycles. The maximum atomic E-state index is 12.6. The van der Waals surface area contributed by atoms with Crippen LogP contribution >= 0.6 is 8.18 Å². The first-order chi connectivity index (χ1) is 17.8. The lowest BCUT2D eigenvalue weighted by atomic mass is 9.86. The predicted octanol–water partition coefficient (Wildman–Crippen LogP) is 2.08. The second-order valence-electron chi connectivity index (χ2n) is 9.25. The van der Waals surface area contributed by atoms with Crippen molar-refractivity contribution in [2.24, 2.45) is 5.92 Å². The van der Waals surface area contributed by atoms with Crippen molar-refractivity contribution < 1.29 is 32.9 Å². The number of esters is 2. The van der Waals surface area contributed by atoms with E-state index in [0.29, 0.717) is 23.7 Å². The van der Waals surface area contributed by atoms with E-state index in [9.17, 15) is 19.4 Å². The molecule has 0 amide bonds. The number of carbonyl (C=O) groups excluding carboxylic acids is 2. The largest absolute Gasteiger partial charge is 0.464 e. The topological polar surface area (TPSA) is 180 Å². The zero-order valence-corrected chi connectivity index (χ0v) is 21.7. The number of nitrogens with one attached hydrogen (secondary N) is 1. The van der Waals surface area contributed by atoms with Gasteiger partial charge in [0.25, 0.3) is 8.18 Å². The third kappa shape index (κ3) is 5.93. The van der Waals surface area contributed by atoms with Gasteiger partial charge in [-0.3, -0.25) is 14.2 Å². The van der Waals surface area contributed by atoms with Crippen molar-refractivity contribution in [2.75, 3.05) is 18.9 Å². The second-order valence-corrected chi connectivity index (χ2v) is 10.4. The molecule has 3 heterocycles. The van der Waals surface area contributed by atoms with Crippen molar-refractivity contribution >= 4 is 31.5 Å². The van der Waals surface area contributed by atoms with Crippen LogP contribution in [0, 0.1) is 17.2 Å². The first kappa shape index (κ1) is 27.0. The number of nitrogens with two attached hydrogens (primary N) is 1. The van der Waals surface area contributed by atoms with Gasteiger partial charge < -0.3 is 24.5 Å². The molecule has 1 saturated heterocycles. The SMILES string of the molecule is CCC(=O)O[C@H]1C[C@H](c2ccc3c(N)ncnn23)O[C@]1(C#N)CO[PH](=O)N[C@@H](C)C(=O)OCC1CCC1. The van der Waals surface area contributed by atoms with E-state index in [1.54, 1.807) is 23.6 Å². The Hall–Kier alpha value is -3.04. The number of nitrogen functional groups attached to an aromatic ring is 1. The van der Waals surface area contributed by atoms with Crippen LogP contribution in [-0.2, 0) is 32.9 Å². The average molecular weight is 535 g/mol. The molecule has 2 aliphatic rings. The zero-order valence-electron chi connectivity index (χ0n) is 20.7. The number of hydrogen-bond donors (Lipinski definition) is 2. The van der Waals surface area contributed by atoms with Crippen LogP contribution in [0.1, 0.15) is 57.7 Å². The van der Waals surface area contributed by atoms with Crippen molar-refractivity contribution in [3.63, 3.8) is 0 Å². The summed E-state index contributed by atoms with van der Waals surface area (Å²) < 4.78 is 36.5. The van der Waals surface area contributed by atoms with Gasteiger partial charge in [-0.05, 0) is 37.8 Å². The molecule has 4 rings (SSSR count). The summed E-state index contributed by atoms with van der Waals surface area (Å²) in [7, 11) is -2.98. The van der Waals surface area contributed by atoms with Crippen LogP contribution in [0.5, 0.6) is 0 Å². The molecule has 37 heavy (non-hydrogen) atoms. The minimum absolute atomic E-state index is 0.0972. The summed E-state index contributed by atoms with van der Waals surface area (Å²) in [6.07, 6.45) is 3.04. The Kier molecular flexibility index (Phi) is 8.44. The minimum atomic E-state index is -2.98. The molecule has 2 aromatic rings. The van der Waals surface area contributed by atoms with Gasteiger partial charge >= 0.3 is 11.9 Å². The van der Waals surface area contributed by atoms with Gasteiger partial charge in [0.05, 0.1) is 12.3 Å². The van der Waals surface area contributed by atoms with Crippen LogP contribution in [0.2, 0.25) is 0 Å². The maximum Gasteiger partial charge on any atom is 0.323 e. The van der Waals surface area contributed by atoms with Gasteiger partial charge in [0.15, 0.2) is 5.82 Å². The Morgan fingerprint density at radius 1 is 1.43 bits per heavy atom. The third-order valence-electron chi connectivity index (χ3n) is 6.69. The molecule has 13 nitrogen and oxygen atoms in total. The van der Waals surface area contributed by atoms with Gasteiger partial charge in [-0.2, -0.15) is 10.4 Å². The number of rotatable bonds is 11. The highest BCUT2D eigenvalue weighted by Gasteiger charge is 2.53. The number of ether oxygens (including phenoxy) is 3. The quantitative estimate of drug-likeness (QED) is 0.317. The molecule has 14 heteroatoms. The average Bonchev–Trinajstić information content (AvgIpc) is 3.44. The molecule has 2 fully saturated rings. The Morgan fingerprint density at radius 2 is 2.22 bits per heavy atom. The number of hydrogen-bond acceptors (Lipinski definition) is 11. The van der Waals surface area contributed by atoms with E-state index in [-0.39, 0.29) is 18.7 Å². The smallest absolute Gasteiger partial charge is 0.323 e. The van der Waals surface area contributed by atoms with Gasteiger partial charge in [0, 0.05) is 12.8 Å². The van der Waals surface area contributed by atoms with E-state index >= 15 is 0 Å². The third-order valence-corrected chi connectivity index (χ3v) is 7.76. The number of carbonyl (C=O) groups is 2. The van der Waals surface area contributed by atoms with Gasteiger partial charge in [0.1, 0.15) is 42.8 Å². The van der Waals surface area contributed by atoms with Crippen molar-refractivity contribution in [3.8, 4) is 6.07 Å². The first-order valence-electron chi connectivity index (χ1n) is 12.2. The number of nitrogens with zero attached hydrogens (tertiary/aromatic N) is 4. The summed E-state index contributed by atoms with van der Waals surface area (Å²) in [4.78, 5) is 28.3. The van der Waals surface area contributed by atoms with Crippen molar-refractivity contribution in [3.05, 3.63) is 24.2 Å². The molecule has 200 valence electrons. The Morgan fingerprint density at radius 3 is 2.89 bits per heavy atom. The zero-order chi connectivity index (χ0) is 26.6. The van der Waals surface area contributed by atoms with Gasteiger partial charge in [-0.15, -0.1) is 0 Å². The number of anilines is 1. The maximum absolute atomic E-state index is 12.6. The number of nitriles is 1. The van der Waals surface area contributed by atoms with Crippen LogP contribution in [-0.4, -0.2) is 57.5 Å². The normalized spacial score (nSPS) is 25.2. The molecule has 1 aliphatic heterocycles. The van der Waals surface area contributed by atoms with E-state index < -0.39 is 50.6 Å². The van der Waals surface area contributed by atoms with Crippen molar-refractivity contribution in [2.45, 2.75) is 69.8 Å². The Bertz CT molecular complexity index is 1210. The summed E-state index contributed by atoms with van der Waals surface area (Å²) >= 11 is 0. The monoisotopic (exact) mass is 534 g/mol. The van der Waals surface area contributed by atoms with Crippen LogP contribution in [0.25, 0.3) is 5.52 Å². The van der Waals surface area contributed by atoms with E-state index in [1.165, 1.54) is 13.3 Å². The van der Waals surface area contributed by atoms with Gasteiger partial charge in [-0.25, -0.2) is 14.6 Å². The molecule has 5 atom stereocenters. The molecule has 1 saturated carbocycles. The molecule has 1 unspecified atom stereocenters. The van der Waals surface area contributed by atoms with Gasteiger partial charge in [-0.1, -0.05) is 13.3 Å². The highest BCUT2D eigenvalue weighted by molar-refractivity contribution is 7.36. The predicted molar refractivity (Wildman–Crippen MR) is 130 cm³/mol.